The summed E-state index contributed by atoms with van der Waals surface area (Å²) in [6, 6.07) is 0.480. The Morgan fingerprint density at radius 1 is 1.55 bits per heavy atom. The van der Waals surface area contributed by atoms with Gasteiger partial charge in [0.2, 0.25) is 0 Å². The fourth-order valence-corrected chi connectivity index (χ4v) is 1.30. The minimum absolute atomic E-state index is 0.480. The van der Waals surface area contributed by atoms with Crippen LogP contribution in [0, 0.1) is 5.92 Å². The molecule has 66 valence electrons. The summed E-state index contributed by atoms with van der Waals surface area (Å²) in [6.45, 7) is 9.72. The SMILES string of the molecule is C=CCN(C)C(CN)C(C)C. The fraction of sp³-hybridized carbons (Fsp3) is 0.778. The van der Waals surface area contributed by atoms with Crippen LogP contribution >= 0.6 is 0 Å². The highest BCUT2D eigenvalue weighted by atomic mass is 15.1. The van der Waals surface area contributed by atoms with Crippen molar-refractivity contribution in [2.24, 2.45) is 11.7 Å². The molecule has 0 heterocycles. The number of nitrogens with zero attached hydrogens (tertiary/aromatic N) is 1. The molecule has 2 N–H and O–H groups in total. The van der Waals surface area contributed by atoms with Crippen molar-refractivity contribution in [3.05, 3.63) is 12.7 Å². The Balaban J connectivity index is 3.90. The van der Waals surface area contributed by atoms with Crippen molar-refractivity contribution in [2.75, 3.05) is 20.1 Å². The van der Waals surface area contributed by atoms with Crippen molar-refractivity contribution in [3.8, 4) is 0 Å². The first-order valence-corrected chi connectivity index (χ1v) is 4.14. The van der Waals surface area contributed by atoms with Crippen LogP contribution < -0.4 is 5.73 Å². The Morgan fingerprint density at radius 3 is 2.36 bits per heavy atom. The summed E-state index contributed by atoms with van der Waals surface area (Å²) in [5.74, 6) is 0.616. The molecule has 0 aliphatic rings. The third-order valence-corrected chi connectivity index (χ3v) is 1.99. The molecular weight excluding hydrogens is 136 g/mol. The van der Waals surface area contributed by atoms with Crippen molar-refractivity contribution in [1.82, 2.24) is 4.90 Å². The number of hydrogen-bond donors (Lipinski definition) is 1. The van der Waals surface area contributed by atoms with Gasteiger partial charge in [-0.1, -0.05) is 19.9 Å². The van der Waals surface area contributed by atoms with Gasteiger partial charge in [-0.05, 0) is 13.0 Å². The van der Waals surface area contributed by atoms with Crippen LogP contribution in [-0.4, -0.2) is 31.1 Å². The Bertz CT molecular complexity index is 110. The van der Waals surface area contributed by atoms with Gasteiger partial charge >= 0.3 is 0 Å². The molecular formula is C9H20N2. The Hall–Kier alpha value is -0.340. The second kappa shape index (κ2) is 5.33. The highest BCUT2D eigenvalue weighted by molar-refractivity contribution is 4.79. The quantitative estimate of drug-likeness (QED) is 0.604. The zero-order valence-electron chi connectivity index (χ0n) is 7.88. The Kier molecular flexibility index (Phi) is 5.16. The van der Waals surface area contributed by atoms with E-state index in [9.17, 15) is 0 Å². The van der Waals surface area contributed by atoms with Crippen LogP contribution in [0.4, 0.5) is 0 Å². The van der Waals surface area contributed by atoms with Crippen LogP contribution in [-0.2, 0) is 0 Å². The molecule has 0 spiro atoms. The summed E-state index contributed by atoms with van der Waals surface area (Å²) < 4.78 is 0. The standard InChI is InChI=1S/C9H20N2/c1-5-6-11(4)9(7-10)8(2)3/h5,8-9H,1,6-7,10H2,2-4H3. The highest BCUT2D eigenvalue weighted by Crippen LogP contribution is 2.06. The van der Waals surface area contributed by atoms with Gasteiger partial charge in [0, 0.05) is 19.1 Å². The van der Waals surface area contributed by atoms with Crippen LogP contribution in [0.3, 0.4) is 0 Å². The van der Waals surface area contributed by atoms with E-state index < -0.39 is 0 Å². The number of hydrogen-bond acceptors (Lipinski definition) is 2. The molecule has 1 unspecified atom stereocenters. The van der Waals surface area contributed by atoms with E-state index in [1.807, 2.05) is 6.08 Å². The van der Waals surface area contributed by atoms with Gasteiger partial charge in [0.1, 0.15) is 0 Å². The molecule has 11 heavy (non-hydrogen) atoms. The number of rotatable bonds is 5. The summed E-state index contributed by atoms with van der Waals surface area (Å²) in [4.78, 5) is 2.23. The largest absolute Gasteiger partial charge is 0.329 e. The first-order chi connectivity index (χ1) is 5.13. The summed E-state index contributed by atoms with van der Waals surface area (Å²) in [5, 5.41) is 0. The van der Waals surface area contributed by atoms with Crippen molar-refractivity contribution in [1.29, 1.82) is 0 Å². The van der Waals surface area contributed by atoms with Gasteiger partial charge < -0.3 is 5.73 Å². The Morgan fingerprint density at radius 2 is 2.09 bits per heavy atom. The molecule has 0 saturated heterocycles. The maximum atomic E-state index is 5.63. The van der Waals surface area contributed by atoms with Gasteiger partial charge in [0.25, 0.3) is 0 Å². The van der Waals surface area contributed by atoms with Crippen molar-refractivity contribution in [2.45, 2.75) is 19.9 Å². The smallest absolute Gasteiger partial charge is 0.0241 e. The molecule has 1 atom stereocenters. The molecule has 0 radical (unpaired) electrons. The minimum atomic E-state index is 0.480. The molecule has 0 aliphatic carbocycles. The van der Waals surface area contributed by atoms with E-state index in [1.54, 1.807) is 0 Å². The average molecular weight is 156 g/mol. The zero-order valence-corrected chi connectivity index (χ0v) is 7.88. The Labute approximate surface area is 70.1 Å². The molecule has 0 fully saturated rings. The molecule has 2 nitrogen and oxygen atoms in total. The monoisotopic (exact) mass is 156 g/mol. The second-order valence-electron chi connectivity index (χ2n) is 3.28. The third-order valence-electron chi connectivity index (χ3n) is 1.99. The summed E-state index contributed by atoms with van der Waals surface area (Å²) >= 11 is 0. The van der Waals surface area contributed by atoms with E-state index in [1.165, 1.54) is 0 Å². The minimum Gasteiger partial charge on any atom is -0.329 e. The topological polar surface area (TPSA) is 29.3 Å². The van der Waals surface area contributed by atoms with Gasteiger partial charge in [-0.15, -0.1) is 6.58 Å². The fourth-order valence-electron chi connectivity index (χ4n) is 1.30. The van der Waals surface area contributed by atoms with Gasteiger partial charge in [0.05, 0.1) is 0 Å². The van der Waals surface area contributed by atoms with E-state index in [-0.39, 0.29) is 0 Å². The highest BCUT2D eigenvalue weighted by Gasteiger charge is 2.14. The zero-order chi connectivity index (χ0) is 8.85. The van der Waals surface area contributed by atoms with E-state index in [0.717, 1.165) is 13.1 Å². The van der Waals surface area contributed by atoms with Crippen LogP contribution in [0.5, 0.6) is 0 Å². The predicted molar refractivity (Wildman–Crippen MR) is 50.5 cm³/mol. The lowest BCUT2D eigenvalue weighted by atomic mass is 10.0. The molecule has 0 amide bonds. The van der Waals surface area contributed by atoms with Gasteiger partial charge in [-0.3, -0.25) is 4.90 Å². The van der Waals surface area contributed by atoms with Crippen LogP contribution in [0.15, 0.2) is 12.7 Å². The maximum absolute atomic E-state index is 5.63. The predicted octanol–water partition coefficient (Wildman–Crippen LogP) is 1.09. The van der Waals surface area contributed by atoms with Crippen LogP contribution in [0.1, 0.15) is 13.8 Å². The van der Waals surface area contributed by atoms with Crippen molar-refractivity contribution >= 4 is 0 Å². The molecule has 0 rings (SSSR count). The summed E-state index contributed by atoms with van der Waals surface area (Å²) in [7, 11) is 2.08. The van der Waals surface area contributed by atoms with E-state index in [0.29, 0.717) is 12.0 Å². The average Bonchev–Trinajstić information content (AvgIpc) is 1.88. The molecule has 0 aliphatic heterocycles. The molecule has 0 bridgehead atoms. The molecule has 0 aromatic heterocycles. The van der Waals surface area contributed by atoms with Gasteiger partial charge in [-0.25, -0.2) is 0 Å². The van der Waals surface area contributed by atoms with E-state index in [2.05, 4.69) is 32.4 Å². The number of likely N-dealkylation sites (N-methyl/N-ethyl adjacent to an activating group) is 1. The normalized spacial score (nSPS) is 14.0. The second-order valence-corrected chi connectivity index (χ2v) is 3.28. The molecule has 0 aromatic carbocycles. The summed E-state index contributed by atoms with van der Waals surface area (Å²) in [6.07, 6.45) is 1.91. The third kappa shape index (κ3) is 3.54. The molecule has 0 aromatic rings. The van der Waals surface area contributed by atoms with Crippen LogP contribution in [0.25, 0.3) is 0 Å². The molecule has 0 saturated carbocycles. The van der Waals surface area contributed by atoms with Crippen molar-refractivity contribution < 1.29 is 0 Å². The number of nitrogens with two attached hydrogens (primary N) is 1. The van der Waals surface area contributed by atoms with E-state index in [4.69, 9.17) is 5.73 Å². The first-order valence-electron chi connectivity index (χ1n) is 4.14. The van der Waals surface area contributed by atoms with Crippen LogP contribution in [0.2, 0.25) is 0 Å². The lowest BCUT2D eigenvalue weighted by Crippen LogP contribution is -2.41. The lowest BCUT2D eigenvalue weighted by molar-refractivity contribution is 0.216. The van der Waals surface area contributed by atoms with Gasteiger partial charge in [0.15, 0.2) is 0 Å². The van der Waals surface area contributed by atoms with E-state index >= 15 is 0 Å². The maximum Gasteiger partial charge on any atom is 0.0241 e. The first kappa shape index (κ1) is 10.7. The van der Waals surface area contributed by atoms with Gasteiger partial charge in [-0.2, -0.15) is 0 Å². The summed E-state index contributed by atoms with van der Waals surface area (Å²) in [5.41, 5.74) is 5.63. The molecule has 2 heteroatoms. The van der Waals surface area contributed by atoms with Crippen molar-refractivity contribution in [3.63, 3.8) is 0 Å². The lowest BCUT2D eigenvalue weighted by Gasteiger charge is -2.28.